The summed E-state index contributed by atoms with van der Waals surface area (Å²) >= 11 is 7.76. The number of para-hydroxylation sites is 1. The summed E-state index contributed by atoms with van der Waals surface area (Å²) in [5.74, 6) is -2.50. The molecule has 11 heteroatoms. The number of benzene rings is 3. The van der Waals surface area contributed by atoms with E-state index in [1.54, 1.807) is 30.3 Å². The van der Waals surface area contributed by atoms with E-state index in [0.29, 0.717) is 34.5 Å². The molecule has 1 atom stereocenters. The van der Waals surface area contributed by atoms with Gasteiger partial charge < -0.3 is 10.6 Å². The van der Waals surface area contributed by atoms with Crippen LogP contribution in [0, 0.1) is 11.6 Å². The highest BCUT2D eigenvalue weighted by molar-refractivity contribution is 7.09. The molecule has 41 heavy (non-hydrogen) atoms. The minimum absolute atomic E-state index is 0.0362. The van der Waals surface area contributed by atoms with Crippen LogP contribution < -0.4 is 16.7 Å². The molecule has 5 aromatic rings. The number of carbonyl (C=O) groups is 1. The van der Waals surface area contributed by atoms with Crippen LogP contribution in [0.25, 0.3) is 10.9 Å². The molecule has 2 aromatic heterocycles. The summed E-state index contributed by atoms with van der Waals surface area (Å²) in [4.78, 5) is 35.2. The lowest BCUT2D eigenvalue weighted by Gasteiger charge is -2.33. The molecule has 0 saturated heterocycles. The largest absolute Gasteiger partial charge is 0.330 e. The highest BCUT2D eigenvalue weighted by atomic mass is 35.5. The summed E-state index contributed by atoms with van der Waals surface area (Å²) in [5.41, 5.74) is 9.55. The van der Waals surface area contributed by atoms with Gasteiger partial charge in [-0.2, -0.15) is 0 Å². The van der Waals surface area contributed by atoms with Crippen LogP contribution in [0.15, 0.2) is 89.0 Å². The van der Waals surface area contributed by atoms with E-state index >= 15 is 0 Å². The van der Waals surface area contributed by atoms with Gasteiger partial charge in [0, 0.05) is 28.4 Å². The molecule has 210 valence electrons. The van der Waals surface area contributed by atoms with Crippen molar-refractivity contribution in [2.45, 2.75) is 18.9 Å². The predicted molar refractivity (Wildman–Crippen MR) is 158 cm³/mol. The fourth-order valence-corrected chi connectivity index (χ4v) is 5.47. The molecule has 5 rings (SSSR count). The molecule has 1 unspecified atom stereocenters. The first kappa shape index (κ1) is 28.4. The number of thiophene rings is 1. The van der Waals surface area contributed by atoms with Gasteiger partial charge in [-0.3, -0.25) is 15.0 Å². The minimum atomic E-state index is -1.13. The van der Waals surface area contributed by atoms with Gasteiger partial charge in [0.2, 0.25) is 0 Å². The standard InChI is InChI=1S/C30H26ClF2N5O2S/c31-20-10-11-23-26(17-20)35-28(38(30(23)40)36-21-6-2-1-3-7-21)27(18-22-8-4-15-41-22)37(14-5-13-34)29(39)19-9-12-24(32)25(33)16-19/h1-4,6-12,15-17,27,36H,5,13-14,18,34H2. The number of hydrogen-bond donors (Lipinski definition) is 2. The second kappa shape index (κ2) is 12.6. The van der Waals surface area contributed by atoms with Crippen LogP contribution in [0.5, 0.6) is 0 Å². The zero-order valence-corrected chi connectivity index (χ0v) is 23.3. The second-order valence-electron chi connectivity index (χ2n) is 9.32. The number of nitrogens with two attached hydrogens (primary N) is 1. The van der Waals surface area contributed by atoms with E-state index in [-0.39, 0.29) is 30.0 Å². The SMILES string of the molecule is NCCCN(C(=O)c1ccc(F)c(F)c1)C(Cc1cccs1)c1nc2cc(Cl)ccc2c(=O)n1Nc1ccccc1. The number of nitrogens with zero attached hydrogens (tertiary/aromatic N) is 3. The fraction of sp³-hybridized carbons (Fsp3) is 0.167. The number of hydrogen-bond acceptors (Lipinski definition) is 6. The van der Waals surface area contributed by atoms with Crippen molar-refractivity contribution in [3.05, 3.63) is 128 Å². The van der Waals surface area contributed by atoms with Crippen LogP contribution in [0.1, 0.15) is 33.5 Å². The first-order chi connectivity index (χ1) is 19.9. The summed E-state index contributed by atoms with van der Waals surface area (Å²) in [6.45, 7) is 0.461. The summed E-state index contributed by atoms with van der Waals surface area (Å²) in [6.07, 6.45) is 0.721. The summed E-state index contributed by atoms with van der Waals surface area (Å²) in [6, 6.07) is 20.0. The van der Waals surface area contributed by atoms with E-state index in [1.807, 2.05) is 35.7 Å². The van der Waals surface area contributed by atoms with Crippen molar-refractivity contribution < 1.29 is 13.6 Å². The number of halogens is 3. The molecular formula is C30H26ClF2N5O2S. The zero-order chi connectivity index (χ0) is 28.9. The van der Waals surface area contributed by atoms with Crippen LogP contribution >= 0.6 is 22.9 Å². The summed E-state index contributed by atoms with van der Waals surface area (Å²) < 4.78 is 29.3. The number of fused-ring (bicyclic) bond motifs is 1. The number of carbonyl (C=O) groups excluding carboxylic acids is 1. The molecule has 0 aliphatic rings. The highest BCUT2D eigenvalue weighted by Gasteiger charge is 2.31. The molecule has 0 radical (unpaired) electrons. The van der Waals surface area contributed by atoms with Gasteiger partial charge in [-0.05, 0) is 72.9 Å². The molecule has 0 aliphatic carbocycles. The van der Waals surface area contributed by atoms with Gasteiger partial charge in [0.15, 0.2) is 17.5 Å². The van der Waals surface area contributed by atoms with E-state index in [0.717, 1.165) is 17.0 Å². The zero-order valence-electron chi connectivity index (χ0n) is 21.8. The maximum atomic E-state index is 14.2. The molecule has 0 saturated carbocycles. The number of rotatable bonds is 10. The molecule has 3 aromatic carbocycles. The third-order valence-electron chi connectivity index (χ3n) is 6.55. The van der Waals surface area contributed by atoms with Gasteiger partial charge in [0.1, 0.15) is 0 Å². The fourth-order valence-electron chi connectivity index (χ4n) is 4.57. The Labute approximate surface area is 243 Å². The van der Waals surface area contributed by atoms with Crippen LogP contribution in [-0.2, 0) is 6.42 Å². The Balaban J connectivity index is 1.73. The minimum Gasteiger partial charge on any atom is -0.330 e. The van der Waals surface area contributed by atoms with Gasteiger partial charge in [0.05, 0.1) is 22.6 Å². The number of amides is 1. The summed E-state index contributed by atoms with van der Waals surface area (Å²) in [5, 5.41) is 2.64. The van der Waals surface area contributed by atoms with Crippen molar-refractivity contribution in [3.8, 4) is 0 Å². The van der Waals surface area contributed by atoms with Crippen molar-refractivity contribution in [1.29, 1.82) is 0 Å². The van der Waals surface area contributed by atoms with Crippen LogP contribution in [0.2, 0.25) is 5.02 Å². The van der Waals surface area contributed by atoms with Crippen molar-refractivity contribution >= 4 is 45.4 Å². The highest BCUT2D eigenvalue weighted by Crippen LogP contribution is 2.29. The van der Waals surface area contributed by atoms with Crippen molar-refractivity contribution in [1.82, 2.24) is 14.6 Å². The Kier molecular flexibility index (Phi) is 8.72. The molecule has 2 heterocycles. The van der Waals surface area contributed by atoms with Gasteiger partial charge in [-0.1, -0.05) is 35.9 Å². The maximum Gasteiger partial charge on any atom is 0.280 e. The number of nitrogens with one attached hydrogen (secondary N) is 1. The van der Waals surface area contributed by atoms with E-state index in [4.69, 9.17) is 22.3 Å². The van der Waals surface area contributed by atoms with E-state index < -0.39 is 23.6 Å². The van der Waals surface area contributed by atoms with E-state index in [2.05, 4.69) is 5.43 Å². The maximum absolute atomic E-state index is 14.2. The Hall–Kier alpha value is -4.12. The molecule has 0 spiro atoms. The average molecular weight is 594 g/mol. The summed E-state index contributed by atoms with van der Waals surface area (Å²) in [7, 11) is 0. The molecule has 0 aliphatic heterocycles. The lowest BCUT2D eigenvalue weighted by Crippen LogP contribution is -2.42. The second-order valence-corrected chi connectivity index (χ2v) is 10.8. The third-order valence-corrected chi connectivity index (χ3v) is 7.69. The molecule has 1 amide bonds. The molecule has 0 fully saturated rings. The van der Waals surface area contributed by atoms with Crippen LogP contribution in [-0.4, -0.2) is 33.6 Å². The van der Waals surface area contributed by atoms with Gasteiger partial charge in [0.25, 0.3) is 11.5 Å². The van der Waals surface area contributed by atoms with Crippen molar-refractivity contribution in [3.63, 3.8) is 0 Å². The van der Waals surface area contributed by atoms with Crippen molar-refractivity contribution in [2.75, 3.05) is 18.5 Å². The van der Waals surface area contributed by atoms with Crippen LogP contribution in [0.4, 0.5) is 14.5 Å². The monoisotopic (exact) mass is 593 g/mol. The predicted octanol–water partition coefficient (Wildman–Crippen LogP) is 6.04. The average Bonchev–Trinajstić information content (AvgIpc) is 3.49. The Morgan fingerprint density at radius 3 is 2.56 bits per heavy atom. The third kappa shape index (κ3) is 6.30. The topological polar surface area (TPSA) is 93.2 Å². The first-order valence-corrected chi connectivity index (χ1v) is 14.1. The van der Waals surface area contributed by atoms with Gasteiger partial charge in [-0.15, -0.1) is 11.3 Å². The van der Waals surface area contributed by atoms with Crippen molar-refractivity contribution in [2.24, 2.45) is 5.73 Å². The lowest BCUT2D eigenvalue weighted by atomic mass is 10.1. The normalized spacial score (nSPS) is 11.9. The smallest absolute Gasteiger partial charge is 0.280 e. The van der Waals surface area contributed by atoms with E-state index in [1.165, 1.54) is 27.0 Å². The molecular weight excluding hydrogens is 568 g/mol. The lowest BCUT2D eigenvalue weighted by molar-refractivity contribution is 0.0661. The van der Waals surface area contributed by atoms with Gasteiger partial charge >= 0.3 is 0 Å². The molecule has 0 bridgehead atoms. The van der Waals surface area contributed by atoms with Gasteiger partial charge in [-0.25, -0.2) is 18.4 Å². The molecule has 3 N–H and O–H groups in total. The van der Waals surface area contributed by atoms with Crippen LogP contribution in [0.3, 0.4) is 0 Å². The van der Waals surface area contributed by atoms with E-state index in [9.17, 15) is 18.4 Å². The molecule has 7 nitrogen and oxygen atoms in total. The quantitative estimate of drug-likeness (QED) is 0.206. The Morgan fingerprint density at radius 1 is 1.05 bits per heavy atom. The Morgan fingerprint density at radius 2 is 1.85 bits per heavy atom. The number of aromatic nitrogens is 2. The number of anilines is 1. The first-order valence-electron chi connectivity index (χ1n) is 12.9. The Bertz CT molecular complexity index is 1730.